The highest BCUT2D eigenvalue weighted by molar-refractivity contribution is 7.85. The number of unbranched alkanes of at least 4 members (excludes halogenated alkanes) is 1. The smallest absolute Gasteiger partial charge is 0.264 e. The van der Waals surface area contributed by atoms with E-state index >= 15 is 0 Å². The lowest BCUT2D eigenvalue weighted by molar-refractivity contribution is 0.109. The van der Waals surface area contributed by atoms with Crippen molar-refractivity contribution in [1.82, 2.24) is 0 Å². The molecule has 0 radical (unpaired) electrons. The zero-order valence-corrected chi connectivity index (χ0v) is 14.8. The largest absolute Gasteiger partial charge is 0.393 e. The molecule has 7 heteroatoms. The van der Waals surface area contributed by atoms with Gasteiger partial charge in [-0.2, -0.15) is 8.42 Å². The molecule has 0 unspecified atom stereocenters. The third-order valence-electron chi connectivity index (χ3n) is 3.04. The van der Waals surface area contributed by atoms with E-state index in [1.165, 1.54) is 5.56 Å². The van der Waals surface area contributed by atoms with Crippen LogP contribution in [0.5, 0.6) is 0 Å². The first kappa shape index (κ1) is 19.6. The highest BCUT2D eigenvalue weighted by Crippen LogP contribution is 2.10. The Hall–Kier alpha value is -1.44. The number of hydrogen-bond donors (Lipinski definition) is 0. The van der Waals surface area contributed by atoms with Crippen LogP contribution >= 0.6 is 0 Å². The monoisotopic (exact) mass is 343 g/mol. The number of oxime groups is 1. The molecular formula is C16H25NO5S. The zero-order valence-electron chi connectivity index (χ0n) is 13.9. The number of rotatable bonds is 11. The highest BCUT2D eigenvalue weighted by atomic mass is 32.2. The summed E-state index contributed by atoms with van der Waals surface area (Å²) in [6.07, 6.45) is 3.64. The molecule has 0 saturated heterocycles. The Morgan fingerprint density at radius 1 is 1.09 bits per heavy atom. The Kier molecular flexibility index (Phi) is 8.83. The van der Waals surface area contributed by atoms with E-state index < -0.39 is 10.1 Å². The molecule has 1 aromatic rings. The lowest BCUT2D eigenvalue weighted by Gasteiger charge is -2.08. The molecule has 0 N–H and O–H groups in total. The van der Waals surface area contributed by atoms with Gasteiger partial charge in [-0.05, 0) is 31.7 Å². The summed E-state index contributed by atoms with van der Waals surface area (Å²) in [6, 6.07) is 8.04. The maximum absolute atomic E-state index is 10.9. The summed E-state index contributed by atoms with van der Waals surface area (Å²) in [7, 11) is -1.76. The van der Waals surface area contributed by atoms with Crippen LogP contribution in [0.15, 0.2) is 29.4 Å². The number of benzene rings is 1. The predicted octanol–water partition coefficient (Wildman–Crippen LogP) is 2.51. The fourth-order valence-corrected chi connectivity index (χ4v) is 2.24. The van der Waals surface area contributed by atoms with Gasteiger partial charge >= 0.3 is 0 Å². The van der Waals surface area contributed by atoms with Gasteiger partial charge in [0.05, 0.1) is 12.0 Å². The molecule has 0 aliphatic rings. The maximum Gasteiger partial charge on any atom is 0.264 e. The van der Waals surface area contributed by atoms with Crippen molar-refractivity contribution in [1.29, 1.82) is 0 Å². The quantitative estimate of drug-likeness (QED) is 0.267. The molecule has 23 heavy (non-hydrogen) atoms. The lowest BCUT2D eigenvalue weighted by atomic mass is 10.0. The molecule has 0 spiro atoms. The number of methoxy groups -OCH3 is 1. The van der Waals surface area contributed by atoms with E-state index in [-0.39, 0.29) is 13.2 Å². The second-order valence-corrected chi connectivity index (χ2v) is 6.86. The summed E-state index contributed by atoms with van der Waals surface area (Å²) >= 11 is 0. The molecule has 0 fully saturated rings. The van der Waals surface area contributed by atoms with E-state index in [0.717, 1.165) is 36.8 Å². The van der Waals surface area contributed by atoms with Crippen LogP contribution in [0.1, 0.15) is 30.4 Å². The van der Waals surface area contributed by atoms with Gasteiger partial charge in [-0.3, -0.25) is 4.18 Å². The first-order valence-electron chi connectivity index (χ1n) is 7.51. The van der Waals surface area contributed by atoms with Gasteiger partial charge in [-0.15, -0.1) is 0 Å². The molecule has 0 aromatic heterocycles. The van der Waals surface area contributed by atoms with E-state index in [9.17, 15) is 8.42 Å². The van der Waals surface area contributed by atoms with E-state index in [0.29, 0.717) is 6.61 Å². The van der Waals surface area contributed by atoms with Crippen molar-refractivity contribution in [3.8, 4) is 0 Å². The Bertz CT molecular complexity index is 581. The highest BCUT2D eigenvalue weighted by Gasteiger charge is 2.06. The van der Waals surface area contributed by atoms with Gasteiger partial charge in [-0.1, -0.05) is 35.0 Å². The van der Waals surface area contributed by atoms with Crippen molar-refractivity contribution >= 4 is 15.8 Å². The molecule has 6 nitrogen and oxygen atoms in total. The van der Waals surface area contributed by atoms with Crippen LogP contribution in [-0.2, 0) is 23.9 Å². The van der Waals surface area contributed by atoms with Crippen LogP contribution in [0, 0.1) is 6.92 Å². The molecule has 0 saturated carbocycles. The molecule has 0 bridgehead atoms. The lowest BCUT2D eigenvalue weighted by Crippen LogP contribution is -2.09. The van der Waals surface area contributed by atoms with Gasteiger partial charge in [-0.25, -0.2) is 0 Å². The second kappa shape index (κ2) is 10.4. The Morgan fingerprint density at radius 3 is 2.39 bits per heavy atom. The molecule has 1 aromatic carbocycles. The minimum Gasteiger partial charge on any atom is -0.393 e. The molecule has 0 heterocycles. The van der Waals surface area contributed by atoms with Crippen molar-refractivity contribution in [3.05, 3.63) is 35.4 Å². The van der Waals surface area contributed by atoms with Crippen molar-refractivity contribution < 1.29 is 22.2 Å². The van der Waals surface area contributed by atoms with Crippen LogP contribution < -0.4 is 0 Å². The first-order valence-corrected chi connectivity index (χ1v) is 9.33. The van der Waals surface area contributed by atoms with Crippen molar-refractivity contribution in [2.24, 2.45) is 5.16 Å². The zero-order chi connectivity index (χ0) is 17.1. The summed E-state index contributed by atoms with van der Waals surface area (Å²) in [5, 5.41) is 4.14. The minimum absolute atomic E-state index is 0.0484. The van der Waals surface area contributed by atoms with Gasteiger partial charge in [0.15, 0.2) is 0 Å². The number of ether oxygens (including phenoxy) is 1. The standard InChI is InChI=1S/C16H25NO5S/c1-14-7-9-15(10-8-14)16(6-4-5-11-20-2)17-21-12-13-22-23(3,18)19/h7-10H,4-6,11-13H2,1-3H3/b17-16+. The van der Waals surface area contributed by atoms with Gasteiger partial charge in [0.2, 0.25) is 0 Å². The molecule has 0 atom stereocenters. The van der Waals surface area contributed by atoms with Crippen molar-refractivity contribution in [3.63, 3.8) is 0 Å². The number of aryl methyl sites for hydroxylation is 1. The topological polar surface area (TPSA) is 74.2 Å². The molecule has 130 valence electrons. The van der Waals surface area contributed by atoms with E-state index in [1.807, 2.05) is 31.2 Å². The fraction of sp³-hybridized carbons (Fsp3) is 0.562. The van der Waals surface area contributed by atoms with E-state index in [1.54, 1.807) is 7.11 Å². The molecule has 0 amide bonds. The fourth-order valence-electron chi connectivity index (χ4n) is 1.87. The number of nitrogens with zero attached hydrogens (tertiary/aromatic N) is 1. The third-order valence-corrected chi connectivity index (χ3v) is 3.64. The maximum atomic E-state index is 10.9. The van der Waals surface area contributed by atoms with Crippen molar-refractivity contribution in [2.75, 3.05) is 33.2 Å². The van der Waals surface area contributed by atoms with Crippen molar-refractivity contribution in [2.45, 2.75) is 26.2 Å². The Labute approximate surface area is 138 Å². The normalized spacial score (nSPS) is 12.4. The van der Waals surface area contributed by atoms with Crippen LogP contribution in [0.25, 0.3) is 0 Å². The van der Waals surface area contributed by atoms with Crippen LogP contribution in [0.2, 0.25) is 0 Å². The summed E-state index contributed by atoms with van der Waals surface area (Å²) in [6.45, 7) is 2.77. The first-order chi connectivity index (χ1) is 10.9. The average Bonchev–Trinajstić information content (AvgIpc) is 2.49. The van der Waals surface area contributed by atoms with Crippen LogP contribution in [0.3, 0.4) is 0 Å². The summed E-state index contributed by atoms with van der Waals surface area (Å²) < 4.78 is 31.4. The Morgan fingerprint density at radius 2 is 1.78 bits per heavy atom. The van der Waals surface area contributed by atoms with E-state index in [2.05, 4.69) is 9.34 Å². The molecular weight excluding hydrogens is 318 g/mol. The third kappa shape index (κ3) is 9.32. The van der Waals surface area contributed by atoms with E-state index in [4.69, 9.17) is 9.57 Å². The average molecular weight is 343 g/mol. The molecule has 1 rings (SSSR count). The SMILES string of the molecule is COCCCC/C(=N\OCCOS(C)(=O)=O)c1ccc(C)cc1. The Balaban J connectivity index is 2.59. The van der Waals surface area contributed by atoms with Gasteiger partial charge in [0, 0.05) is 13.7 Å². The summed E-state index contributed by atoms with van der Waals surface area (Å²) in [4.78, 5) is 5.20. The summed E-state index contributed by atoms with van der Waals surface area (Å²) in [5.74, 6) is 0. The van der Waals surface area contributed by atoms with Crippen LogP contribution in [0.4, 0.5) is 0 Å². The van der Waals surface area contributed by atoms with Gasteiger partial charge < -0.3 is 9.57 Å². The second-order valence-electron chi connectivity index (χ2n) is 5.21. The molecule has 0 aliphatic carbocycles. The number of hydrogen-bond acceptors (Lipinski definition) is 6. The summed E-state index contributed by atoms with van der Waals surface area (Å²) in [5.41, 5.74) is 3.01. The van der Waals surface area contributed by atoms with Crippen LogP contribution in [-0.4, -0.2) is 47.3 Å². The minimum atomic E-state index is -3.44. The van der Waals surface area contributed by atoms with Gasteiger partial charge in [0.25, 0.3) is 10.1 Å². The predicted molar refractivity (Wildman–Crippen MR) is 90.2 cm³/mol. The van der Waals surface area contributed by atoms with Gasteiger partial charge in [0.1, 0.15) is 13.2 Å². The molecule has 0 aliphatic heterocycles.